The van der Waals surface area contributed by atoms with E-state index in [2.05, 4.69) is 43.5 Å². The van der Waals surface area contributed by atoms with Gasteiger partial charge in [0.05, 0.1) is 18.8 Å². The second-order valence-corrected chi connectivity index (χ2v) is 12.9. The fourth-order valence-electron chi connectivity index (χ4n) is 5.59. The summed E-state index contributed by atoms with van der Waals surface area (Å²) in [7, 11) is 0. The molecule has 0 saturated heterocycles. The van der Waals surface area contributed by atoms with Gasteiger partial charge in [-0.15, -0.1) is 0 Å². The molecule has 0 radical (unpaired) electrons. The first-order chi connectivity index (χ1) is 21.5. The van der Waals surface area contributed by atoms with E-state index >= 15 is 0 Å². The minimum atomic E-state index is -1.28. The van der Waals surface area contributed by atoms with Crippen LogP contribution in [-0.2, 0) is 4.79 Å². The number of rotatable bonds is 33. The van der Waals surface area contributed by atoms with Crippen LogP contribution in [0.3, 0.4) is 0 Å². The van der Waals surface area contributed by atoms with Gasteiger partial charge in [0.2, 0.25) is 5.91 Å². The van der Waals surface area contributed by atoms with Crippen LogP contribution < -0.4 is 5.32 Å². The van der Waals surface area contributed by atoms with Crippen molar-refractivity contribution >= 4 is 5.91 Å². The third-order valence-corrected chi connectivity index (χ3v) is 8.64. The minimum Gasteiger partial charge on any atom is -0.394 e. The quantitative estimate of drug-likeness (QED) is 0.0371. The maximum Gasteiger partial charge on any atom is 0.249 e. The molecule has 5 N–H and O–H groups in total. The molecular formula is C38H73NO5. The van der Waals surface area contributed by atoms with Gasteiger partial charge in [0.15, 0.2) is 0 Å². The van der Waals surface area contributed by atoms with E-state index in [4.69, 9.17) is 0 Å². The van der Waals surface area contributed by atoms with Crippen molar-refractivity contribution in [1.82, 2.24) is 5.32 Å². The van der Waals surface area contributed by atoms with Crippen molar-refractivity contribution in [3.63, 3.8) is 0 Å². The Hall–Kier alpha value is -1.21. The molecule has 4 unspecified atom stereocenters. The lowest BCUT2D eigenvalue weighted by Gasteiger charge is -2.27. The maximum absolute atomic E-state index is 12.4. The Bertz CT molecular complexity index is 668. The molecule has 0 aliphatic rings. The van der Waals surface area contributed by atoms with Crippen molar-refractivity contribution in [1.29, 1.82) is 0 Å². The van der Waals surface area contributed by atoms with Crippen molar-refractivity contribution in [2.75, 3.05) is 6.61 Å². The van der Waals surface area contributed by atoms with Gasteiger partial charge in [0.1, 0.15) is 12.2 Å². The molecule has 0 rings (SSSR count). The first-order valence-electron chi connectivity index (χ1n) is 18.7. The number of allylic oxidation sites excluding steroid dienone is 4. The second-order valence-electron chi connectivity index (χ2n) is 12.9. The lowest BCUT2D eigenvalue weighted by Crippen LogP contribution is -2.53. The van der Waals surface area contributed by atoms with E-state index in [9.17, 15) is 25.2 Å². The van der Waals surface area contributed by atoms with Crippen LogP contribution in [0.2, 0.25) is 0 Å². The van der Waals surface area contributed by atoms with E-state index in [-0.39, 0.29) is 0 Å². The SMILES string of the molecule is CCCCCCCCCCCC/C=C/CC/C=C/CCCC(O)C(O)C(CO)NC(=O)C(O)CCCCCCCCCCC. The van der Waals surface area contributed by atoms with Gasteiger partial charge in [0.25, 0.3) is 0 Å². The lowest BCUT2D eigenvalue weighted by molar-refractivity contribution is -0.132. The van der Waals surface area contributed by atoms with Crippen LogP contribution >= 0.6 is 0 Å². The topological polar surface area (TPSA) is 110 Å². The fraction of sp³-hybridized carbons (Fsp3) is 0.868. The zero-order valence-corrected chi connectivity index (χ0v) is 28.9. The monoisotopic (exact) mass is 624 g/mol. The highest BCUT2D eigenvalue weighted by Gasteiger charge is 2.28. The van der Waals surface area contributed by atoms with Crippen molar-refractivity contribution in [2.45, 2.75) is 205 Å². The molecule has 0 aliphatic heterocycles. The summed E-state index contributed by atoms with van der Waals surface area (Å²) < 4.78 is 0. The molecule has 0 aromatic rings. The summed E-state index contributed by atoms with van der Waals surface area (Å²) in [6.45, 7) is 3.98. The summed E-state index contributed by atoms with van der Waals surface area (Å²) in [4.78, 5) is 12.4. The van der Waals surface area contributed by atoms with E-state index in [0.717, 1.165) is 38.5 Å². The number of carbonyl (C=O) groups excluding carboxylic acids is 1. The van der Waals surface area contributed by atoms with Gasteiger partial charge in [-0.25, -0.2) is 0 Å². The summed E-state index contributed by atoms with van der Waals surface area (Å²) in [5, 5.41) is 43.3. The van der Waals surface area contributed by atoms with E-state index in [1.807, 2.05) is 0 Å². The summed E-state index contributed by atoms with van der Waals surface area (Å²) in [6, 6.07) is -1.00. The van der Waals surface area contributed by atoms with Crippen LogP contribution in [0.5, 0.6) is 0 Å². The first kappa shape index (κ1) is 42.8. The Kier molecular flexibility index (Phi) is 32.2. The van der Waals surface area contributed by atoms with E-state index in [1.54, 1.807) is 0 Å². The number of amides is 1. The van der Waals surface area contributed by atoms with Crippen molar-refractivity contribution < 1.29 is 25.2 Å². The number of nitrogens with one attached hydrogen (secondary N) is 1. The molecule has 0 saturated carbocycles. The number of unbranched alkanes of at least 4 members (excludes halogenated alkanes) is 20. The molecule has 6 nitrogen and oxygen atoms in total. The predicted molar refractivity (Wildman–Crippen MR) is 187 cm³/mol. The summed E-state index contributed by atoms with van der Waals surface area (Å²) in [6.07, 6.45) is 35.0. The molecule has 0 aliphatic carbocycles. The highest BCUT2D eigenvalue weighted by molar-refractivity contribution is 5.80. The van der Waals surface area contributed by atoms with Crippen LogP contribution in [0.15, 0.2) is 24.3 Å². The molecule has 6 heteroatoms. The molecule has 44 heavy (non-hydrogen) atoms. The van der Waals surface area contributed by atoms with Crippen molar-refractivity contribution in [3.05, 3.63) is 24.3 Å². The second kappa shape index (κ2) is 33.2. The molecule has 0 spiro atoms. The summed E-state index contributed by atoms with van der Waals surface area (Å²) >= 11 is 0. The Morgan fingerprint density at radius 1 is 0.545 bits per heavy atom. The first-order valence-corrected chi connectivity index (χ1v) is 18.7. The molecule has 0 heterocycles. The highest BCUT2D eigenvalue weighted by Crippen LogP contribution is 2.14. The van der Waals surface area contributed by atoms with E-state index < -0.39 is 36.9 Å². The zero-order chi connectivity index (χ0) is 32.5. The zero-order valence-electron chi connectivity index (χ0n) is 28.9. The van der Waals surface area contributed by atoms with Crippen LogP contribution in [0.1, 0.15) is 181 Å². The number of hydrogen-bond acceptors (Lipinski definition) is 5. The Morgan fingerprint density at radius 3 is 1.43 bits per heavy atom. The Balaban J connectivity index is 3.85. The molecule has 0 fully saturated rings. The van der Waals surface area contributed by atoms with Crippen LogP contribution in [-0.4, -0.2) is 57.3 Å². The third-order valence-electron chi connectivity index (χ3n) is 8.64. The molecular weight excluding hydrogens is 550 g/mol. The summed E-state index contributed by atoms with van der Waals surface area (Å²) in [5.74, 6) is -0.602. The molecule has 260 valence electrons. The lowest BCUT2D eigenvalue weighted by atomic mass is 10.00. The average molecular weight is 624 g/mol. The van der Waals surface area contributed by atoms with Crippen LogP contribution in [0.25, 0.3) is 0 Å². The number of hydrogen-bond donors (Lipinski definition) is 5. The molecule has 1 amide bonds. The number of carbonyl (C=O) groups is 1. The average Bonchev–Trinajstić information content (AvgIpc) is 3.03. The van der Waals surface area contributed by atoms with Crippen LogP contribution in [0.4, 0.5) is 0 Å². The van der Waals surface area contributed by atoms with Gasteiger partial charge >= 0.3 is 0 Å². The minimum absolute atomic E-state index is 0.361. The van der Waals surface area contributed by atoms with Gasteiger partial charge in [-0.05, 0) is 51.4 Å². The standard InChI is InChI=1S/C38H73NO5/c1-3-5-7-9-11-13-14-15-16-17-18-19-20-21-22-24-25-27-29-31-35(41)37(43)34(33-40)39-38(44)36(42)32-30-28-26-23-12-10-8-6-4-2/h19-20,24-25,34-37,40-43H,3-18,21-23,26-33H2,1-2H3,(H,39,44)/b20-19+,25-24+. The van der Waals surface area contributed by atoms with Crippen molar-refractivity contribution in [2.24, 2.45) is 0 Å². The molecule has 0 bridgehead atoms. The van der Waals surface area contributed by atoms with Gasteiger partial charge in [-0.3, -0.25) is 4.79 Å². The molecule has 4 atom stereocenters. The van der Waals surface area contributed by atoms with Gasteiger partial charge < -0.3 is 25.7 Å². The summed E-state index contributed by atoms with van der Waals surface area (Å²) in [5.41, 5.74) is 0. The molecule has 0 aromatic carbocycles. The fourth-order valence-corrected chi connectivity index (χ4v) is 5.59. The Morgan fingerprint density at radius 2 is 0.955 bits per heavy atom. The van der Waals surface area contributed by atoms with Gasteiger partial charge in [0, 0.05) is 0 Å². The number of aliphatic hydroxyl groups is 4. The highest BCUT2D eigenvalue weighted by atomic mass is 16.3. The smallest absolute Gasteiger partial charge is 0.249 e. The normalized spacial score (nSPS) is 14.8. The van der Waals surface area contributed by atoms with E-state index in [0.29, 0.717) is 19.3 Å². The predicted octanol–water partition coefficient (Wildman–Crippen LogP) is 8.84. The Labute approximate surface area is 272 Å². The van der Waals surface area contributed by atoms with Crippen LogP contribution in [0, 0.1) is 0 Å². The van der Waals surface area contributed by atoms with E-state index in [1.165, 1.54) is 109 Å². The van der Waals surface area contributed by atoms with Gasteiger partial charge in [-0.1, -0.05) is 154 Å². The molecule has 0 aromatic heterocycles. The third kappa shape index (κ3) is 27.1. The van der Waals surface area contributed by atoms with Crippen molar-refractivity contribution in [3.8, 4) is 0 Å². The maximum atomic E-state index is 12.4. The number of aliphatic hydroxyl groups excluding tert-OH is 4. The van der Waals surface area contributed by atoms with Gasteiger partial charge in [-0.2, -0.15) is 0 Å². The largest absolute Gasteiger partial charge is 0.394 e.